The Morgan fingerprint density at radius 1 is 0.759 bits per heavy atom. The molecule has 2 fully saturated rings. The number of hydrogen-bond acceptors (Lipinski definition) is 7. The fourth-order valence-corrected chi connectivity index (χ4v) is 5.21. The average molecular weight is 413 g/mol. The number of piperidine rings is 1. The van der Waals surface area contributed by atoms with Crippen molar-refractivity contribution < 1.29 is 8.42 Å². The van der Waals surface area contributed by atoms with Gasteiger partial charge in [-0.25, -0.2) is 8.42 Å². The van der Waals surface area contributed by atoms with E-state index in [9.17, 15) is 8.42 Å². The van der Waals surface area contributed by atoms with Gasteiger partial charge >= 0.3 is 0 Å². The van der Waals surface area contributed by atoms with Crippen molar-refractivity contribution in [2.45, 2.75) is 24.2 Å². The van der Waals surface area contributed by atoms with Gasteiger partial charge in [-0.2, -0.15) is 9.57 Å². The first kappa shape index (κ1) is 19.6. The number of nitriles is 1. The first-order valence-corrected chi connectivity index (χ1v) is 11.4. The lowest BCUT2D eigenvalue weighted by molar-refractivity contribution is 0.383. The van der Waals surface area contributed by atoms with E-state index in [0.29, 0.717) is 31.7 Å². The second-order valence-electron chi connectivity index (χ2n) is 7.32. The van der Waals surface area contributed by atoms with Crippen LogP contribution in [-0.4, -0.2) is 62.2 Å². The van der Waals surface area contributed by atoms with Crippen LogP contribution in [0.25, 0.3) is 0 Å². The van der Waals surface area contributed by atoms with Crippen LogP contribution in [0, 0.1) is 11.3 Å². The van der Waals surface area contributed by atoms with Gasteiger partial charge in [0.2, 0.25) is 10.0 Å². The smallest absolute Gasteiger partial charge is 0.243 e. The van der Waals surface area contributed by atoms with Gasteiger partial charge < -0.3 is 9.80 Å². The molecule has 0 atom stereocenters. The molecule has 8 nitrogen and oxygen atoms in total. The lowest BCUT2D eigenvalue weighted by atomic mass is 10.1. The van der Waals surface area contributed by atoms with Crippen molar-refractivity contribution in [3.63, 3.8) is 0 Å². The predicted octanol–water partition coefficient (Wildman–Crippen LogP) is 1.85. The zero-order chi connectivity index (χ0) is 20.3. The van der Waals surface area contributed by atoms with Crippen molar-refractivity contribution >= 4 is 21.7 Å². The Morgan fingerprint density at radius 2 is 1.31 bits per heavy atom. The molecule has 0 unspecified atom stereocenters. The Balaban J connectivity index is 1.39. The van der Waals surface area contributed by atoms with Crippen LogP contribution in [0.1, 0.15) is 24.8 Å². The van der Waals surface area contributed by atoms with Crippen molar-refractivity contribution in [2.75, 3.05) is 49.1 Å². The third kappa shape index (κ3) is 4.18. The SMILES string of the molecule is N#Cc1ccc(S(=O)(=O)N2CCN(c3ccc(N4CCCCC4)nn3)CC2)cc1. The first-order valence-electron chi connectivity index (χ1n) is 9.92. The van der Waals surface area contributed by atoms with Gasteiger partial charge in [0, 0.05) is 39.3 Å². The van der Waals surface area contributed by atoms with Crippen LogP contribution in [0.15, 0.2) is 41.3 Å². The number of benzene rings is 1. The van der Waals surface area contributed by atoms with Crippen molar-refractivity contribution in [1.82, 2.24) is 14.5 Å². The van der Waals surface area contributed by atoms with Crippen LogP contribution < -0.4 is 9.80 Å². The van der Waals surface area contributed by atoms with E-state index in [-0.39, 0.29) is 4.90 Å². The Hall–Kier alpha value is -2.70. The van der Waals surface area contributed by atoms with Gasteiger partial charge in [-0.3, -0.25) is 0 Å². The summed E-state index contributed by atoms with van der Waals surface area (Å²) in [6.45, 7) is 3.95. The molecule has 0 bridgehead atoms. The molecule has 1 aromatic heterocycles. The lowest BCUT2D eigenvalue weighted by Gasteiger charge is -2.34. The molecule has 1 aromatic carbocycles. The number of nitrogens with zero attached hydrogens (tertiary/aromatic N) is 6. The minimum absolute atomic E-state index is 0.218. The van der Waals surface area contributed by atoms with Crippen LogP contribution in [0.2, 0.25) is 0 Å². The molecule has 0 spiro atoms. The molecule has 4 rings (SSSR count). The van der Waals surface area contributed by atoms with E-state index in [1.807, 2.05) is 18.2 Å². The van der Waals surface area contributed by atoms with Crippen LogP contribution in [0.3, 0.4) is 0 Å². The number of anilines is 2. The summed E-state index contributed by atoms with van der Waals surface area (Å²) in [5.41, 5.74) is 0.445. The zero-order valence-corrected chi connectivity index (χ0v) is 17.1. The molecule has 9 heteroatoms. The minimum atomic E-state index is -3.56. The van der Waals surface area contributed by atoms with E-state index < -0.39 is 10.0 Å². The molecule has 2 aromatic rings. The number of sulfonamides is 1. The number of aromatic nitrogens is 2. The third-order valence-electron chi connectivity index (χ3n) is 5.50. The number of rotatable bonds is 4. The average Bonchev–Trinajstić information content (AvgIpc) is 2.80. The highest BCUT2D eigenvalue weighted by Crippen LogP contribution is 2.22. The molecule has 2 saturated heterocycles. The molecular formula is C20H24N6O2S. The van der Waals surface area contributed by atoms with Gasteiger partial charge in [-0.15, -0.1) is 10.2 Å². The topological polar surface area (TPSA) is 93.4 Å². The van der Waals surface area contributed by atoms with Gasteiger partial charge in [0.25, 0.3) is 0 Å². The van der Waals surface area contributed by atoms with Crippen molar-refractivity contribution in [3.8, 4) is 6.07 Å². The normalized spacial score (nSPS) is 18.4. The summed E-state index contributed by atoms with van der Waals surface area (Å²) in [5.74, 6) is 1.69. The first-order chi connectivity index (χ1) is 14.1. The summed E-state index contributed by atoms with van der Waals surface area (Å²) in [6.07, 6.45) is 3.66. The maximum Gasteiger partial charge on any atom is 0.243 e. The van der Waals surface area contributed by atoms with Gasteiger partial charge in [0.15, 0.2) is 11.6 Å². The lowest BCUT2D eigenvalue weighted by Crippen LogP contribution is -2.49. The summed E-state index contributed by atoms with van der Waals surface area (Å²) < 4.78 is 27.2. The Morgan fingerprint density at radius 3 is 1.83 bits per heavy atom. The second-order valence-corrected chi connectivity index (χ2v) is 9.26. The summed E-state index contributed by atoms with van der Waals surface area (Å²) >= 11 is 0. The van der Waals surface area contributed by atoms with Gasteiger partial charge in [0.1, 0.15) is 0 Å². The molecule has 152 valence electrons. The molecule has 2 aliphatic rings. The fourth-order valence-electron chi connectivity index (χ4n) is 3.79. The summed E-state index contributed by atoms with van der Waals surface area (Å²) in [4.78, 5) is 4.55. The summed E-state index contributed by atoms with van der Waals surface area (Å²) in [5, 5.41) is 17.6. The predicted molar refractivity (Wildman–Crippen MR) is 110 cm³/mol. The molecule has 0 amide bonds. The maximum absolute atomic E-state index is 12.8. The highest BCUT2D eigenvalue weighted by Gasteiger charge is 2.29. The maximum atomic E-state index is 12.8. The quantitative estimate of drug-likeness (QED) is 0.756. The van der Waals surface area contributed by atoms with Crippen molar-refractivity contribution in [2.24, 2.45) is 0 Å². The molecule has 0 radical (unpaired) electrons. The van der Waals surface area contributed by atoms with Crippen LogP contribution >= 0.6 is 0 Å². The van der Waals surface area contributed by atoms with Crippen LogP contribution in [0.4, 0.5) is 11.6 Å². The van der Waals surface area contributed by atoms with Gasteiger partial charge in [-0.05, 0) is 55.7 Å². The monoisotopic (exact) mass is 412 g/mol. The standard InChI is InChI=1S/C20H24N6O2S/c21-16-17-4-6-18(7-5-17)29(27,28)26-14-12-25(13-15-26)20-9-8-19(22-23-20)24-10-2-1-3-11-24/h4-9H,1-3,10-15H2. The van der Waals surface area contributed by atoms with E-state index in [4.69, 9.17) is 5.26 Å². The Bertz CT molecular complexity index is 971. The zero-order valence-electron chi connectivity index (χ0n) is 16.2. The Labute approximate surface area is 171 Å². The fraction of sp³-hybridized carbons (Fsp3) is 0.450. The summed E-state index contributed by atoms with van der Waals surface area (Å²) in [6, 6.07) is 12.0. The van der Waals surface area contributed by atoms with E-state index >= 15 is 0 Å². The minimum Gasteiger partial charge on any atom is -0.355 e. The molecular weight excluding hydrogens is 388 g/mol. The third-order valence-corrected chi connectivity index (χ3v) is 7.41. The van der Waals surface area contributed by atoms with E-state index in [2.05, 4.69) is 20.0 Å². The van der Waals surface area contributed by atoms with Gasteiger partial charge in [0.05, 0.1) is 16.5 Å². The van der Waals surface area contributed by atoms with Gasteiger partial charge in [-0.1, -0.05) is 0 Å². The molecule has 3 heterocycles. The van der Waals surface area contributed by atoms with E-state index in [1.54, 1.807) is 0 Å². The highest BCUT2D eigenvalue weighted by molar-refractivity contribution is 7.89. The highest BCUT2D eigenvalue weighted by atomic mass is 32.2. The summed E-state index contributed by atoms with van der Waals surface area (Å²) in [7, 11) is -3.56. The van der Waals surface area contributed by atoms with Crippen LogP contribution in [0.5, 0.6) is 0 Å². The van der Waals surface area contributed by atoms with Crippen molar-refractivity contribution in [3.05, 3.63) is 42.0 Å². The molecule has 29 heavy (non-hydrogen) atoms. The van der Waals surface area contributed by atoms with E-state index in [1.165, 1.54) is 47.8 Å². The molecule has 0 N–H and O–H groups in total. The number of hydrogen-bond donors (Lipinski definition) is 0. The van der Waals surface area contributed by atoms with Crippen molar-refractivity contribution in [1.29, 1.82) is 5.26 Å². The van der Waals surface area contributed by atoms with Crippen LogP contribution in [-0.2, 0) is 10.0 Å². The molecule has 0 saturated carbocycles. The van der Waals surface area contributed by atoms with E-state index in [0.717, 1.165) is 24.7 Å². The Kier molecular flexibility index (Phi) is 5.65. The number of piperazine rings is 1. The largest absolute Gasteiger partial charge is 0.355 e. The second kappa shape index (κ2) is 8.35. The molecule has 0 aliphatic carbocycles. The molecule has 2 aliphatic heterocycles.